The highest BCUT2D eigenvalue weighted by Crippen LogP contribution is 2.14. The van der Waals surface area contributed by atoms with Gasteiger partial charge >= 0.3 is 0 Å². The van der Waals surface area contributed by atoms with E-state index in [0.717, 1.165) is 31.5 Å². The van der Waals surface area contributed by atoms with E-state index in [-0.39, 0.29) is 11.8 Å². The molecule has 1 aromatic carbocycles. The van der Waals surface area contributed by atoms with Crippen LogP contribution in [0.4, 0.5) is 0 Å². The maximum absolute atomic E-state index is 12.7. The van der Waals surface area contributed by atoms with E-state index in [4.69, 9.17) is 0 Å². The minimum atomic E-state index is -0.112. The molecule has 2 heterocycles. The highest BCUT2D eigenvalue weighted by atomic mass is 16.2. The molecule has 0 atom stereocenters. The normalized spacial score (nSPS) is 14.2. The summed E-state index contributed by atoms with van der Waals surface area (Å²) in [5, 5.41) is 0. The molecule has 2 amide bonds. The summed E-state index contributed by atoms with van der Waals surface area (Å²) in [7, 11) is 1.77. The van der Waals surface area contributed by atoms with Gasteiger partial charge < -0.3 is 9.80 Å². The Bertz CT molecular complexity index is 740. The Labute approximate surface area is 148 Å². The number of amides is 2. The van der Waals surface area contributed by atoms with Gasteiger partial charge in [0.05, 0.1) is 0 Å². The molecular weight excluding hydrogens is 314 g/mol. The van der Waals surface area contributed by atoms with Crippen LogP contribution >= 0.6 is 0 Å². The molecule has 0 spiro atoms. The first-order chi connectivity index (χ1) is 12.1. The van der Waals surface area contributed by atoms with E-state index in [1.165, 1.54) is 6.42 Å². The second kappa shape index (κ2) is 7.92. The van der Waals surface area contributed by atoms with Crippen molar-refractivity contribution in [2.75, 3.05) is 20.1 Å². The molecule has 0 N–H and O–H groups in total. The van der Waals surface area contributed by atoms with Gasteiger partial charge in [0.1, 0.15) is 5.69 Å². The Morgan fingerprint density at radius 2 is 1.80 bits per heavy atom. The fraction of sp³-hybridized carbons (Fsp3) is 0.350. The van der Waals surface area contributed by atoms with Crippen LogP contribution in [-0.4, -0.2) is 46.7 Å². The van der Waals surface area contributed by atoms with Crippen molar-refractivity contribution in [3.8, 4) is 0 Å². The number of carbonyl (C=O) groups excluding carboxylic acids is 2. The van der Waals surface area contributed by atoms with Gasteiger partial charge in [-0.15, -0.1) is 0 Å². The summed E-state index contributed by atoms with van der Waals surface area (Å²) in [6, 6.07) is 13.1. The third-order valence-corrected chi connectivity index (χ3v) is 4.48. The molecular formula is C20H23N3O2. The molecule has 0 unspecified atom stereocenters. The molecule has 5 nitrogen and oxygen atoms in total. The van der Waals surface area contributed by atoms with Crippen LogP contribution in [0.2, 0.25) is 0 Å². The van der Waals surface area contributed by atoms with E-state index in [1.54, 1.807) is 30.3 Å². The van der Waals surface area contributed by atoms with E-state index in [0.29, 0.717) is 17.8 Å². The molecule has 0 saturated carbocycles. The molecule has 2 aromatic rings. The van der Waals surface area contributed by atoms with Crippen molar-refractivity contribution >= 4 is 11.8 Å². The number of piperidine rings is 1. The van der Waals surface area contributed by atoms with Gasteiger partial charge in [0.25, 0.3) is 11.8 Å². The molecule has 1 aromatic heterocycles. The predicted molar refractivity (Wildman–Crippen MR) is 96.2 cm³/mol. The maximum atomic E-state index is 12.7. The molecule has 1 aliphatic heterocycles. The van der Waals surface area contributed by atoms with Crippen LogP contribution in [0.25, 0.3) is 0 Å². The lowest BCUT2D eigenvalue weighted by atomic mass is 10.1. The fourth-order valence-corrected chi connectivity index (χ4v) is 3.09. The zero-order chi connectivity index (χ0) is 17.6. The zero-order valence-electron chi connectivity index (χ0n) is 14.5. The van der Waals surface area contributed by atoms with Crippen LogP contribution in [0.1, 0.15) is 45.7 Å². The van der Waals surface area contributed by atoms with Crippen LogP contribution < -0.4 is 0 Å². The quantitative estimate of drug-likeness (QED) is 0.862. The van der Waals surface area contributed by atoms with Crippen LogP contribution in [0, 0.1) is 0 Å². The topological polar surface area (TPSA) is 53.5 Å². The summed E-state index contributed by atoms with van der Waals surface area (Å²) in [4.78, 5) is 32.9. The van der Waals surface area contributed by atoms with Gasteiger partial charge in [-0.3, -0.25) is 14.6 Å². The molecule has 1 saturated heterocycles. The first kappa shape index (κ1) is 17.1. The summed E-state index contributed by atoms with van der Waals surface area (Å²) < 4.78 is 0. The Morgan fingerprint density at radius 3 is 2.52 bits per heavy atom. The third-order valence-electron chi connectivity index (χ3n) is 4.48. The maximum Gasteiger partial charge on any atom is 0.272 e. The minimum Gasteiger partial charge on any atom is -0.337 e. The average Bonchev–Trinajstić information content (AvgIpc) is 2.68. The molecule has 25 heavy (non-hydrogen) atoms. The number of hydrogen-bond acceptors (Lipinski definition) is 3. The number of pyridine rings is 1. The number of likely N-dealkylation sites (tertiary alicyclic amines) is 1. The SMILES string of the molecule is CN(Cc1ccccc1)C(=O)c1ccnc(C(=O)N2CCCCC2)c1. The number of carbonyl (C=O) groups is 2. The molecule has 0 radical (unpaired) electrons. The zero-order valence-corrected chi connectivity index (χ0v) is 14.5. The monoisotopic (exact) mass is 337 g/mol. The Kier molecular flexibility index (Phi) is 5.43. The van der Waals surface area contributed by atoms with Gasteiger partial charge in [0, 0.05) is 38.4 Å². The van der Waals surface area contributed by atoms with Gasteiger partial charge in [0.2, 0.25) is 0 Å². The fourth-order valence-electron chi connectivity index (χ4n) is 3.09. The smallest absolute Gasteiger partial charge is 0.272 e. The van der Waals surface area contributed by atoms with E-state index in [2.05, 4.69) is 4.98 Å². The minimum absolute atomic E-state index is 0.0833. The van der Waals surface area contributed by atoms with Gasteiger partial charge in [-0.1, -0.05) is 30.3 Å². The number of aromatic nitrogens is 1. The predicted octanol–water partition coefficient (Wildman–Crippen LogP) is 2.98. The number of hydrogen-bond donors (Lipinski definition) is 0. The lowest BCUT2D eigenvalue weighted by Gasteiger charge is -2.26. The van der Waals surface area contributed by atoms with E-state index in [1.807, 2.05) is 35.2 Å². The third kappa shape index (κ3) is 4.24. The van der Waals surface area contributed by atoms with Crippen molar-refractivity contribution in [2.45, 2.75) is 25.8 Å². The molecule has 1 fully saturated rings. The number of nitrogens with zero attached hydrogens (tertiary/aromatic N) is 3. The van der Waals surface area contributed by atoms with Crippen LogP contribution in [0.15, 0.2) is 48.7 Å². The van der Waals surface area contributed by atoms with Crippen molar-refractivity contribution < 1.29 is 9.59 Å². The average molecular weight is 337 g/mol. The van der Waals surface area contributed by atoms with Gasteiger partial charge in [-0.05, 0) is 37.0 Å². The van der Waals surface area contributed by atoms with Gasteiger partial charge in [-0.25, -0.2) is 0 Å². The standard InChI is InChI=1S/C20H23N3O2/c1-22(15-16-8-4-2-5-9-16)19(24)17-10-11-21-18(14-17)20(25)23-12-6-3-7-13-23/h2,4-5,8-11,14H,3,6-7,12-13,15H2,1H3. The first-order valence-electron chi connectivity index (χ1n) is 8.70. The van der Waals surface area contributed by atoms with E-state index < -0.39 is 0 Å². The molecule has 1 aliphatic rings. The lowest BCUT2D eigenvalue weighted by Crippen LogP contribution is -2.36. The highest BCUT2D eigenvalue weighted by molar-refractivity contribution is 5.98. The molecule has 130 valence electrons. The van der Waals surface area contributed by atoms with Crippen molar-refractivity contribution in [3.63, 3.8) is 0 Å². The summed E-state index contributed by atoms with van der Waals surface area (Å²) in [6.45, 7) is 2.07. The Balaban J connectivity index is 1.71. The Hall–Kier alpha value is -2.69. The van der Waals surface area contributed by atoms with Crippen LogP contribution in [0.3, 0.4) is 0 Å². The second-order valence-corrected chi connectivity index (χ2v) is 6.43. The van der Waals surface area contributed by atoms with Crippen molar-refractivity contribution in [1.29, 1.82) is 0 Å². The van der Waals surface area contributed by atoms with Gasteiger partial charge in [-0.2, -0.15) is 0 Å². The summed E-state index contributed by atoms with van der Waals surface area (Å²) in [5.74, 6) is -0.195. The molecule has 0 aliphatic carbocycles. The molecule has 5 heteroatoms. The molecule has 0 bridgehead atoms. The highest BCUT2D eigenvalue weighted by Gasteiger charge is 2.21. The Morgan fingerprint density at radius 1 is 1.08 bits per heavy atom. The number of rotatable bonds is 4. The van der Waals surface area contributed by atoms with E-state index in [9.17, 15) is 9.59 Å². The summed E-state index contributed by atoms with van der Waals surface area (Å²) in [6.07, 6.45) is 4.77. The largest absolute Gasteiger partial charge is 0.337 e. The van der Waals surface area contributed by atoms with Crippen LogP contribution in [0.5, 0.6) is 0 Å². The van der Waals surface area contributed by atoms with E-state index >= 15 is 0 Å². The van der Waals surface area contributed by atoms with Crippen LogP contribution in [-0.2, 0) is 6.54 Å². The second-order valence-electron chi connectivity index (χ2n) is 6.43. The lowest BCUT2D eigenvalue weighted by molar-refractivity contribution is 0.0718. The van der Waals surface area contributed by atoms with Gasteiger partial charge in [0.15, 0.2) is 0 Å². The number of benzene rings is 1. The van der Waals surface area contributed by atoms with Crippen molar-refractivity contribution in [3.05, 3.63) is 65.5 Å². The summed E-state index contributed by atoms with van der Waals surface area (Å²) >= 11 is 0. The molecule has 3 rings (SSSR count). The first-order valence-corrected chi connectivity index (χ1v) is 8.70. The summed E-state index contributed by atoms with van der Waals surface area (Å²) in [5.41, 5.74) is 1.91. The van der Waals surface area contributed by atoms with Crippen molar-refractivity contribution in [1.82, 2.24) is 14.8 Å². The van der Waals surface area contributed by atoms with Crippen molar-refractivity contribution in [2.24, 2.45) is 0 Å².